The second-order valence-electron chi connectivity index (χ2n) is 8.30. The predicted octanol–water partition coefficient (Wildman–Crippen LogP) is 8.32. The number of hydrogen-bond donors (Lipinski definition) is 0. The summed E-state index contributed by atoms with van der Waals surface area (Å²) >= 11 is 0. The van der Waals surface area contributed by atoms with Crippen LogP contribution in [0.1, 0.15) is 11.1 Å². The lowest BCUT2D eigenvalue weighted by Crippen LogP contribution is -2.08. The fraction of sp³-hybridized carbons (Fsp3) is 0.0714. The van der Waals surface area contributed by atoms with Gasteiger partial charge in [-0.3, -0.25) is 0 Å². The number of para-hydroxylation sites is 2. The molecule has 0 bridgehead atoms. The van der Waals surface area contributed by atoms with E-state index in [-0.39, 0.29) is 11.6 Å². The number of ether oxygens (including phenoxy) is 1. The molecular weight excluding hydrogens is 453 g/mol. The van der Waals surface area contributed by atoms with Gasteiger partial charge in [-0.2, -0.15) is 13.2 Å². The number of hydrogen-bond acceptors (Lipinski definition) is 4. The van der Waals surface area contributed by atoms with E-state index in [4.69, 9.17) is 9.15 Å². The van der Waals surface area contributed by atoms with E-state index in [0.29, 0.717) is 33.4 Å². The van der Waals surface area contributed by atoms with Crippen LogP contribution in [0.5, 0.6) is 11.6 Å². The van der Waals surface area contributed by atoms with Crippen molar-refractivity contribution in [1.82, 2.24) is 10.2 Å². The van der Waals surface area contributed by atoms with E-state index in [2.05, 4.69) is 10.2 Å². The molecule has 0 amide bonds. The zero-order chi connectivity index (χ0) is 24.2. The molecule has 0 spiro atoms. The van der Waals surface area contributed by atoms with Gasteiger partial charge in [0.2, 0.25) is 5.88 Å². The number of rotatable bonds is 3. The zero-order valence-corrected chi connectivity index (χ0v) is 18.4. The van der Waals surface area contributed by atoms with Crippen LogP contribution in [0.25, 0.3) is 44.0 Å². The van der Waals surface area contributed by atoms with Gasteiger partial charge in [0.25, 0.3) is 0 Å². The van der Waals surface area contributed by atoms with Crippen LogP contribution in [0.4, 0.5) is 13.2 Å². The lowest BCUT2D eigenvalue weighted by Gasteiger charge is -2.16. The summed E-state index contributed by atoms with van der Waals surface area (Å²) in [5.41, 5.74) is 0.662. The Bertz CT molecular complexity index is 1710. The smallest absolute Gasteiger partial charge is 0.419 e. The van der Waals surface area contributed by atoms with E-state index >= 15 is 0 Å². The molecule has 35 heavy (non-hydrogen) atoms. The molecule has 0 N–H and O–H groups in total. The molecule has 4 nitrogen and oxygen atoms in total. The first-order valence-corrected chi connectivity index (χ1v) is 10.9. The van der Waals surface area contributed by atoms with Gasteiger partial charge in [0, 0.05) is 16.2 Å². The maximum atomic E-state index is 13.7. The van der Waals surface area contributed by atoms with Gasteiger partial charge < -0.3 is 9.15 Å². The molecule has 0 atom stereocenters. The Kier molecular flexibility index (Phi) is 4.74. The molecule has 0 saturated heterocycles. The molecule has 7 heteroatoms. The number of nitrogens with zero attached hydrogens (tertiary/aromatic N) is 2. The standard InChI is InChI=1S/C28H17F3N2O2/c1-16-7-6-11-22(28(29,30)31)26(16)35-27-21-14-18-9-3-2-8-17(18)13-20(21)25(32-33-27)24-15-19-10-4-5-12-23(19)34-24/h2-15H,1H3. The minimum absolute atomic E-state index is 0.00888. The third-order valence-electron chi connectivity index (χ3n) is 5.99. The van der Waals surface area contributed by atoms with Crippen LogP contribution < -0.4 is 4.74 Å². The number of furan rings is 1. The Hall–Kier alpha value is -4.39. The van der Waals surface area contributed by atoms with Crippen molar-refractivity contribution in [1.29, 1.82) is 0 Å². The van der Waals surface area contributed by atoms with E-state index in [9.17, 15) is 13.2 Å². The van der Waals surface area contributed by atoms with E-state index in [0.717, 1.165) is 22.2 Å². The quantitative estimate of drug-likeness (QED) is 0.244. The summed E-state index contributed by atoms with van der Waals surface area (Å²) in [5.74, 6) is 0.211. The van der Waals surface area contributed by atoms with Gasteiger partial charge in [0.1, 0.15) is 17.0 Å². The maximum absolute atomic E-state index is 13.7. The first kappa shape index (κ1) is 21.2. The van der Waals surface area contributed by atoms with Crippen LogP contribution in [0.15, 0.2) is 89.3 Å². The zero-order valence-electron chi connectivity index (χ0n) is 18.4. The van der Waals surface area contributed by atoms with Crippen LogP contribution in [-0.4, -0.2) is 10.2 Å². The maximum Gasteiger partial charge on any atom is 0.419 e. The van der Waals surface area contributed by atoms with Crippen LogP contribution in [0, 0.1) is 6.92 Å². The van der Waals surface area contributed by atoms with Crippen molar-refractivity contribution in [3.63, 3.8) is 0 Å². The van der Waals surface area contributed by atoms with Crippen molar-refractivity contribution in [3.8, 4) is 23.1 Å². The van der Waals surface area contributed by atoms with Crippen LogP contribution in [0.2, 0.25) is 0 Å². The Morgan fingerprint density at radius 1 is 0.743 bits per heavy atom. The number of benzene rings is 4. The van der Waals surface area contributed by atoms with Gasteiger partial charge in [-0.25, -0.2) is 0 Å². The molecule has 0 aliphatic rings. The molecule has 2 heterocycles. The Labute approximate surface area is 197 Å². The normalized spacial score (nSPS) is 12.0. The molecule has 0 aliphatic heterocycles. The molecule has 172 valence electrons. The molecule has 0 radical (unpaired) electrons. The lowest BCUT2D eigenvalue weighted by molar-refractivity contribution is -0.138. The molecule has 2 aromatic heterocycles. The summed E-state index contributed by atoms with van der Waals surface area (Å²) in [4.78, 5) is 0. The Morgan fingerprint density at radius 3 is 2.14 bits per heavy atom. The van der Waals surface area contributed by atoms with Crippen LogP contribution in [0.3, 0.4) is 0 Å². The van der Waals surface area contributed by atoms with Crippen LogP contribution >= 0.6 is 0 Å². The number of halogens is 3. The Balaban J connectivity index is 1.60. The summed E-state index contributed by atoms with van der Waals surface area (Å²) in [7, 11) is 0. The molecule has 0 aliphatic carbocycles. The first-order chi connectivity index (χ1) is 16.9. The largest absolute Gasteiger partial charge is 0.454 e. The Morgan fingerprint density at radius 2 is 1.43 bits per heavy atom. The fourth-order valence-corrected chi connectivity index (χ4v) is 4.28. The second kappa shape index (κ2) is 7.84. The minimum atomic E-state index is -4.58. The van der Waals surface area contributed by atoms with Crippen molar-refractivity contribution in [2.75, 3.05) is 0 Å². The predicted molar refractivity (Wildman–Crippen MR) is 129 cm³/mol. The van der Waals surface area contributed by atoms with Gasteiger partial charge in [-0.15, -0.1) is 10.2 Å². The number of aromatic nitrogens is 2. The lowest BCUT2D eigenvalue weighted by atomic mass is 10.0. The van der Waals surface area contributed by atoms with Gasteiger partial charge in [-0.1, -0.05) is 54.6 Å². The third kappa shape index (κ3) is 3.65. The molecule has 0 fully saturated rings. The fourth-order valence-electron chi connectivity index (χ4n) is 4.28. The van der Waals surface area contributed by atoms with E-state index < -0.39 is 11.7 Å². The van der Waals surface area contributed by atoms with E-state index in [1.165, 1.54) is 6.07 Å². The highest BCUT2D eigenvalue weighted by Gasteiger charge is 2.35. The van der Waals surface area contributed by atoms with Gasteiger partial charge in [0.05, 0.1) is 5.56 Å². The summed E-state index contributed by atoms with van der Waals surface area (Å²) in [5, 5.41) is 12.5. The molecular formula is C28H17F3N2O2. The van der Waals surface area contributed by atoms with Crippen molar-refractivity contribution in [2.24, 2.45) is 0 Å². The summed E-state index contributed by atoms with van der Waals surface area (Å²) in [6, 6.07) is 24.9. The molecule has 4 aromatic carbocycles. The summed E-state index contributed by atoms with van der Waals surface area (Å²) in [6.07, 6.45) is -4.58. The monoisotopic (exact) mass is 470 g/mol. The average Bonchev–Trinajstić information content (AvgIpc) is 3.27. The number of fused-ring (bicyclic) bond motifs is 3. The van der Waals surface area contributed by atoms with E-state index in [1.54, 1.807) is 13.0 Å². The summed E-state index contributed by atoms with van der Waals surface area (Å²) in [6.45, 7) is 1.57. The number of aryl methyl sites for hydroxylation is 1. The van der Waals surface area contributed by atoms with Crippen molar-refractivity contribution >= 4 is 32.5 Å². The molecule has 0 unspecified atom stereocenters. The minimum Gasteiger partial charge on any atom is -0.454 e. The van der Waals surface area contributed by atoms with Crippen molar-refractivity contribution in [2.45, 2.75) is 13.1 Å². The topological polar surface area (TPSA) is 48.2 Å². The molecule has 6 aromatic rings. The average molecular weight is 470 g/mol. The van der Waals surface area contributed by atoms with Crippen molar-refractivity contribution in [3.05, 3.63) is 96.1 Å². The van der Waals surface area contributed by atoms with Crippen molar-refractivity contribution < 1.29 is 22.3 Å². The first-order valence-electron chi connectivity index (χ1n) is 10.9. The molecule has 0 saturated carbocycles. The highest BCUT2D eigenvalue weighted by molar-refractivity contribution is 6.05. The SMILES string of the molecule is Cc1cccc(C(F)(F)F)c1Oc1nnc(-c2cc3ccccc3o2)c2cc3ccccc3cc12. The highest BCUT2D eigenvalue weighted by atomic mass is 19.4. The summed E-state index contributed by atoms with van der Waals surface area (Å²) < 4.78 is 53.0. The highest BCUT2D eigenvalue weighted by Crippen LogP contribution is 2.42. The van der Waals surface area contributed by atoms with Gasteiger partial charge in [-0.05, 0) is 53.6 Å². The van der Waals surface area contributed by atoms with Crippen LogP contribution in [-0.2, 0) is 6.18 Å². The second-order valence-corrected chi connectivity index (χ2v) is 8.30. The van der Waals surface area contributed by atoms with Gasteiger partial charge >= 0.3 is 6.18 Å². The molecule has 6 rings (SSSR count). The van der Waals surface area contributed by atoms with E-state index in [1.807, 2.05) is 66.7 Å². The third-order valence-corrected chi connectivity index (χ3v) is 5.99. The number of alkyl halides is 3. The van der Waals surface area contributed by atoms with Gasteiger partial charge in [0.15, 0.2) is 5.76 Å².